The van der Waals surface area contributed by atoms with Crippen LogP contribution in [0, 0.1) is 10.1 Å². The molecule has 1 amide bonds. The SMILES string of the molecule is Cl.NCCCCNC(=O)CSc1ccc([N+](=O)[O-])cc1. The summed E-state index contributed by atoms with van der Waals surface area (Å²) in [6, 6.07) is 6.15. The summed E-state index contributed by atoms with van der Waals surface area (Å²) < 4.78 is 0. The van der Waals surface area contributed by atoms with E-state index in [2.05, 4.69) is 5.32 Å². The average molecular weight is 320 g/mol. The third-order valence-corrected chi connectivity index (χ3v) is 3.38. The number of halogens is 1. The van der Waals surface area contributed by atoms with Gasteiger partial charge in [0.1, 0.15) is 0 Å². The Morgan fingerprint density at radius 1 is 1.30 bits per heavy atom. The van der Waals surface area contributed by atoms with Crippen LogP contribution in [0.15, 0.2) is 29.2 Å². The Labute approximate surface area is 128 Å². The molecule has 0 saturated carbocycles. The van der Waals surface area contributed by atoms with E-state index in [4.69, 9.17) is 5.73 Å². The van der Waals surface area contributed by atoms with Gasteiger partial charge in [-0.15, -0.1) is 24.2 Å². The van der Waals surface area contributed by atoms with Crippen molar-refractivity contribution in [3.8, 4) is 0 Å². The fourth-order valence-electron chi connectivity index (χ4n) is 1.36. The van der Waals surface area contributed by atoms with Crippen molar-refractivity contribution in [1.29, 1.82) is 0 Å². The van der Waals surface area contributed by atoms with Crippen LogP contribution in [0.1, 0.15) is 12.8 Å². The van der Waals surface area contributed by atoms with E-state index in [1.807, 2.05) is 0 Å². The lowest BCUT2D eigenvalue weighted by molar-refractivity contribution is -0.384. The summed E-state index contributed by atoms with van der Waals surface area (Å²) in [5.74, 6) is 0.265. The number of nitro benzene ring substituents is 1. The maximum atomic E-state index is 11.5. The molecule has 0 aliphatic rings. The van der Waals surface area contributed by atoms with Crippen LogP contribution in [0.3, 0.4) is 0 Å². The minimum Gasteiger partial charge on any atom is -0.355 e. The zero-order chi connectivity index (χ0) is 14.1. The molecule has 1 aromatic rings. The topological polar surface area (TPSA) is 98.3 Å². The van der Waals surface area contributed by atoms with Crippen molar-refractivity contribution >= 4 is 35.8 Å². The second-order valence-electron chi connectivity index (χ2n) is 3.89. The zero-order valence-corrected chi connectivity index (χ0v) is 12.5. The molecule has 8 heteroatoms. The van der Waals surface area contributed by atoms with Gasteiger partial charge >= 0.3 is 0 Å². The highest BCUT2D eigenvalue weighted by atomic mass is 35.5. The van der Waals surface area contributed by atoms with Crippen molar-refractivity contribution in [3.05, 3.63) is 34.4 Å². The van der Waals surface area contributed by atoms with Crippen LogP contribution in [0.25, 0.3) is 0 Å². The zero-order valence-electron chi connectivity index (χ0n) is 10.9. The molecular formula is C12H18ClN3O3S. The van der Waals surface area contributed by atoms with Crippen molar-refractivity contribution < 1.29 is 9.72 Å². The van der Waals surface area contributed by atoms with Gasteiger partial charge in [0.2, 0.25) is 5.91 Å². The smallest absolute Gasteiger partial charge is 0.269 e. The molecule has 3 N–H and O–H groups in total. The number of thioether (sulfide) groups is 1. The van der Waals surface area contributed by atoms with E-state index in [0.717, 1.165) is 17.7 Å². The van der Waals surface area contributed by atoms with E-state index in [1.54, 1.807) is 12.1 Å². The van der Waals surface area contributed by atoms with Gasteiger partial charge in [-0.25, -0.2) is 0 Å². The summed E-state index contributed by atoms with van der Waals surface area (Å²) in [5.41, 5.74) is 5.40. The van der Waals surface area contributed by atoms with E-state index < -0.39 is 4.92 Å². The van der Waals surface area contributed by atoms with Crippen LogP contribution in [-0.2, 0) is 4.79 Å². The van der Waals surface area contributed by atoms with Gasteiger partial charge in [0, 0.05) is 23.6 Å². The van der Waals surface area contributed by atoms with E-state index in [1.165, 1.54) is 23.9 Å². The number of nitrogens with zero attached hydrogens (tertiary/aromatic N) is 1. The first-order valence-corrected chi connectivity index (χ1v) is 6.96. The third kappa shape index (κ3) is 7.32. The van der Waals surface area contributed by atoms with Crippen molar-refractivity contribution in [2.45, 2.75) is 17.7 Å². The van der Waals surface area contributed by atoms with Crippen molar-refractivity contribution in [1.82, 2.24) is 5.32 Å². The summed E-state index contributed by atoms with van der Waals surface area (Å²) in [6.45, 7) is 1.27. The number of nitrogens with two attached hydrogens (primary N) is 1. The monoisotopic (exact) mass is 319 g/mol. The molecule has 0 saturated heterocycles. The number of benzene rings is 1. The molecule has 0 aromatic heterocycles. The number of non-ortho nitro benzene ring substituents is 1. The van der Waals surface area contributed by atoms with Crippen LogP contribution in [0.2, 0.25) is 0 Å². The molecule has 0 heterocycles. The quantitative estimate of drug-likeness (QED) is 0.330. The highest BCUT2D eigenvalue weighted by Crippen LogP contribution is 2.20. The van der Waals surface area contributed by atoms with E-state index in [0.29, 0.717) is 18.8 Å². The molecule has 112 valence electrons. The molecule has 0 atom stereocenters. The van der Waals surface area contributed by atoms with Gasteiger partial charge in [-0.3, -0.25) is 14.9 Å². The highest BCUT2D eigenvalue weighted by molar-refractivity contribution is 8.00. The Balaban J connectivity index is 0.00000361. The second kappa shape index (κ2) is 10.5. The summed E-state index contributed by atoms with van der Waals surface area (Å²) in [4.78, 5) is 22.3. The molecule has 20 heavy (non-hydrogen) atoms. The maximum absolute atomic E-state index is 11.5. The number of carbonyl (C=O) groups is 1. The number of hydrogen-bond acceptors (Lipinski definition) is 5. The minimum atomic E-state index is -0.446. The van der Waals surface area contributed by atoms with Crippen LogP contribution in [0.5, 0.6) is 0 Å². The van der Waals surface area contributed by atoms with Crippen LogP contribution >= 0.6 is 24.2 Å². The lowest BCUT2D eigenvalue weighted by Gasteiger charge is -2.04. The molecular weight excluding hydrogens is 302 g/mol. The van der Waals surface area contributed by atoms with Crippen molar-refractivity contribution in [2.75, 3.05) is 18.8 Å². The lowest BCUT2D eigenvalue weighted by Crippen LogP contribution is -2.26. The normalized spacial score (nSPS) is 9.65. The standard InChI is InChI=1S/C12H17N3O3S.ClH/c13-7-1-2-8-14-12(16)9-19-11-5-3-10(4-6-11)15(17)18;/h3-6H,1-2,7-9,13H2,(H,14,16);1H. The fourth-order valence-corrected chi connectivity index (χ4v) is 2.09. The molecule has 0 radical (unpaired) electrons. The number of rotatable bonds is 8. The second-order valence-corrected chi connectivity index (χ2v) is 4.93. The minimum absolute atomic E-state index is 0. The first-order chi connectivity index (χ1) is 9.13. The van der Waals surface area contributed by atoms with Gasteiger partial charge in [-0.2, -0.15) is 0 Å². The number of unbranched alkanes of at least 4 members (excludes halogenated alkanes) is 1. The molecule has 1 aromatic carbocycles. The molecule has 0 bridgehead atoms. The Morgan fingerprint density at radius 3 is 2.50 bits per heavy atom. The average Bonchev–Trinajstić information content (AvgIpc) is 2.42. The Kier molecular flexibility index (Phi) is 9.79. The van der Waals surface area contributed by atoms with Gasteiger partial charge in [0.15, 0.2) is 0 Å². The molecule has 0 spiro atoms. The Bertz CT molecular complexity index is 428. The first-order valence-electron chi connectivity index (χ1n) is 5.97. The number of hydrogen-bond donors (Lipinski definition) is 2. The van der Waals surface area contributed by atoms with Crippen LogP contribution in [-0.4, -0.2) is 29.7 Å². The third-order valence-electron chi connectivity index (χ3n) is 2.37. The predicted octanol–water partition coefficient (Wildman–Crippen LogP) is 1.96. The lowest BCUT2D eigenvalue weighted by atomic mass is 10.3. The molecule has 0 aliphatic carbocycles. The molecule has 1 rings (SSSR count). The van der Waals surface area contributed by atoms with Crippen molar-refractivity contribution in [2.24, 2.45) is 5.73 Å². The van der Waals surface area contributed by atoms with Gasteiger partial charge < -0.3 is 11.1 Å². The number of nitrogens with one attached hydrogen (secondary N) is 1. The number of nitro groups is 1. The summed E-state index contributed by atoms with van der Waals surface area (Å²) in [7, 11) is 0. The highest BCUT2D eigenvalue weighted by Gasteiger charge is 2.06. The predicted molar refractivity (Wildman–Crippen MR) is 82.4 cm³/mol. The largest absolute Gasteiger partial charge is 0.355 e. The number of carbonyl (C=O) groups excluding carboxylic acids is 1. The van der Waals surface area contributed by atoms with E-state index >= 15 is 0 Å². The van der Waals surface area contributed by atoms with E-state index in [-0.39, 0.29) is 24.0 Å². The van der Waals surface area contributed by atoms with Crippen LogP contribution < -0.4 is 11.1 Å². The summed E-state index contributed by atoms with van der Waals surface area (Å²) >= 11 is 1.35. The number of amides is 1. The maximum Gasteiger partial charge on any atom is 0.269 e. The molecule has 0 aliphatic heterocycles. The fraction of sp³-hybridized carbons (Fsp3) is 0.417. The van der Waals surface area contributed by atoms with Crippen LogP contribution in [0.4, 0.5) is 5.69 Å². The van der Waals surface area contributed by atoms with Crippen molar-refractivity contribution in [3.63, 3.8) is 0 Å². The molecule has 6 nitrogen and oxygen atoms in total. The molecule has 0 fully saturated rings. The van der Waals surface area contributed by atoms with Gasteiger partial charge in [-0.1, -0.05) is 0 Å². The van der Waals surface area contributed by atoms with Gasteiger partial charge in [0.05, 0.1) is 10.7 Å². The summed E-state index contributed by atoms with van der Waals surface area (Å²) in [6.07, 6.45) is 1.78. The molecule has 0 unspecified atom stereocenters. The Morgan fingerprint density at radius 2 is 1.95 bits per heavy atom. The summed E-state index contributed by atoms with van der Waals surface area (Å²) in [5, 5.41) is 13.3. The first kappa shape index (κ1) is 18.7. The Hall–Kier alpha value is -1.31. The van der Waals surface area contributed by atoms with Gasteiger partial charge in [0.25, 0.3) is 5.69 Å². The van der Waals surface area contributed by atoms with Gasteiger partial charge in [-0.05, 0) is 31.5 Å². The van der Waals surface area contributed by atoms with E-state index in [9.17, 15) is 14.9 Å².